The van der Waals surface area contributed by atoms with Crippen molar-refractivity contribution >= 4 is 51.4 Å². The van der Waals surface area contributed by atoms with Crippen molar-refractivity contribution in [2.45, 2.75) is 19.8 Å². The van der Waals surface area contributed by atoms with E-state index in [0.29, 0.717) is 17.1 Å². The van der Waals surface area contributed by atoms with Gasteiger partial charge in [-0.05, 0) is 130 Å². The summed E-state index contributed by atoms with van der Waals surface area (Å²) in [4.78, 5) is 26.0. The molecular weight excluding hydrogens is 643 g/mol. The molecule has 0 unspecified atom stereocenters. The lowest BCUT2D eigenvalue weighted by molar-refractivity contribution is -0.130. The monoisotopic (exact) mass is 677 g/mol. The Kier molecular flexibility index (Phi) is 8.46. The van der Waals surface area contributed by atoms with E-state index in [-0.39, 0.29) is 0 Å². The van der Waals surface area contributed by atoms with E-state index in [1.54, 1.807) is 31.2 Å². The van der Waals surface area contributed by atoms with Gasteiger partial charge in [-0.1, -0.05) is 98.1 Å². The average Bonchev–Trinajstić information content (AvgIpc) is 3.18. The van der Waals surface area contributed by atoms with Gasteiger partial charge in [0.1, 0.15) is 11.5 Å². The van der Waals surface area contributed by atoms with Crippen molar-refractivity contribution in [3.05, 3.63) is 175 Å². The average molecular weight is 678 g/mol. The van der Waals surface area contributed by atoms with E-state index < -0.39 is 11.9 Å². The number of benzene rings is 6. The predicted octanol–water partition coefficient (Wildman–Crippen LogP) is 11.6. The second-order valence-corrected chi connectivity index (χ2v) is 13.0. The molecule has 0 aliphatic heterocycles. The minimum Gasteiger partial charge on any atom is -0.423 e. The van der Waals surface area contributed by atoms with Crippen LogP contribution in [0.3, 0.4) is 0 Å². The summed E-state index contributed by atoms with van der Waals surface area (Å²) in [5.74, 6) is 0.0321. The smallest absolute Gasteiger partial charge is 0.338 e. The topological polar surface area (TPSA) is 55.8 Å². The molecule has 0 bridgehead atoms. The van der Waals surface area contributed by atoms with Crippen molar-refractivity contribution in [1.29, 1.82) is 0 Å². The van der Waals surface area contributed by atoms with Crippen molar-refractivity contribution in [2.24, 2.45) is 0 Å². The van der Waals surface area contributed by atoms with Gasteiger partial charge in [-0.25, -0.2) is 9.59 Å². The van der Waals surface area contributed by atoms with E-state index in [2.05, 4.69) is 109 Å². The van der Waals surface area contributed by atoms with E-state index in [4.69, 9.17) is 9.47 Å². The number of anilines is 3. The van der Waals surface area contributed by atoms with Crippen LogP contribution in [0.25, 0.3) is 44.7 Å². The molecule has 0 spiro atoms. The Morgan fingerprint density at radius 3 is 1.77 bits per heavy atom. The molecule has 0 aromatic heterocycles. The van der Waals surface area contributed by atoms with Crippen LogP contribution in [0.1, 0.15) is 30.0 Å². The second kappa shape index (κ2) is 13.5. The third-order valence-corrected chi connectivity index (χ3v) is 9.62. The van der Waals surface area contributed by atoms with E-state index in [1.165, 1.54) is 33.0 Å². The molecule has 0 radical (unpaired) electrons. The van der Waals surface area contributed by atoms with Crippen LogP contribution in [0.15, 0.2) is 158 Å². The summed E-state index contributed by atoms with van der Waals surface area (Å²) in [5, 5.41) is 2.59. The standard InChI is InChI=1S/C47H35NO4/c1-4-44(49)51-40-24-14-33(15-25-40)31-10-20-38(21-11-31)48(39-22-12-32(13-23-39)34-16-26-41(27-17-34)52-47(50)30(2)3)43-29-19-37-9-8-35-6-5-7-36-18-28-42(43)46(37)45(35)36/h4-6,8-27,29H,1-2,7,28H2,3H3. The van der Waals surface area contributed by atoms with Crippen molar-refractivity contribution in [3.8, 4) is 33.8 Å². The molecule has 5 heteroatoms. The van der Waals surface area contributed by atoms with Gasteiger partial charge in [-0.3, -0.25) is 0 Å². The van der Waals surface area contributed by atoms with E-state index in [0.717, 1.165) is 58.2 Å². The van der Waals surface area contributed by atoms with Gasteiger partial charge < -0.3 is 14.4 Å². The number of rotatable bonds is 9. The molecule has 0 atom stereocenters. The first-order valence-corrected chi connectivity index (χ1v) is 17.2. The summed E-state index contributed by atoms with van der Waals surface area (Å²) >= 11 is 0. The number of carbonyl (C=O) groups is 2. The number of carbonyl (C=O) groups excluding carboxylic acids is 2. The molecule has 0 N–H and O–H groups in total. The molecule has 6 aromatic rings. The fourth-order valence-electron chi connectivity index (χ4n) is 7.04. The first kappa shape index (κ1) is 32.5. The largest absolute Gasteiger partial charge is 0.423 e. The Morgan fingerprint density at radius 2 is 1.21 bits per heavy atom. The Balaban J connectivity index is 1.18. The van der Waals surface area contributed by atoms with Crippen LogP contribution in [-0.4, -0.2) is 11.9 Å². The lowest BCUT2D eigenvalue weighted by Gasteiger charge is -2.31. The third-order valence-electron chi connectivity index (χ3n) is 9.62. The molecule has 252 valence electrons. The normalized spacial score (nSPS) is 12.5. The highest BCUT2D eigenvalue weighted by Gasteiger charge is 2.25. The zero-order chi connectivity index (χ0) is 35.8. The van der Waals surface area contributed by atoms with Gasteiger partial charge in [0.25, 0.3) is 0 Å². The molecule has 0 saturated heterocycles. The number of esters is 2. The maximum absolute atomic E-state index is 12.0. The number of hydrogen-bond acceptors (Lipinski definition) is 5. The molecule has 5 nitrogen and oxygen atoms in total. The summed E-state index contributed by atoms with van der Waals surface area (Å²) in [6.45, 7) is 8.76. The van der Waals surface area contributed by atoms with Crippen LogP contribution in [0.4, 0.5) is 17.1 Å². The fourth-order valence-corrected chi connectivity index (χ4v) is 7.04. The second-order valence-electron chi connectivity index (χ2n) is 13.0. The highest BCUT2D eigenvalue weighted by atomic mass is 16.5. The van der Waals surface area contributed by atoms with Gasteiger partial charge in [0.05, 0.1) is 5.69 Å². The maximum Gasteiger partial charge on any atom is 0.338 e. The first-order valence-electron chi connectivity index (χ1n) is 17.2. The summed E-state index contributed by atoms with van der Waals surface area (Å²) in [5.41, 5.74) is 13.0. The molecule has 8 rings (SSSR count). The predicted molar refractivity (Wildman–Crippen MR) is 211 cm³/mol. The third kappa shape index (κ3) is 6.14. The van der Waals surface area contributed by atoms with Gasteiger partial charge in [-0.15, -0.1) is 0 Å². The molecule has 6 aromatic carbocycles. The Hall–Kier alpha value is -6.72. The van der Waals surface area contributed by atoms with E-state index in [1.807, 2.05) is 24.3 Å². The Morgan fingerprint density at radius 1 is 0.673 bits per heavy atom. The molecule has 0 saturated carbocycles. The number of nitrogens with zero attached hydrogens (tertiary/aromatic N) is 1. The molecule has 2 aliphatic carbocycles. The van der Waals surface area contributed by atoms with Crippen LogP contribution >= 0.6 is 0 Å². The lowest BCUT2D eigenvalue weighted by Crippen LogP contribution is -2.14. The molecular formula is C47H35NO4. The molecule has 2 aliphatic rings. The quantitative estimate of drug-likeness (QED) is 0.0866. The minimum atomic E-state index is -0.485. The summed E-state index contributed by atoms with van der Waals surface area (Å²) in [7, 11) is 0. The van der Waals surface area contributed by atoms with E-state index >= 15 is 0 Å². The van der Waals surface area contributed by atoms with Gasteiger partial charge in [0.15, 0.2) is 0 Å². The van der Waals surface area contributed by atoms with Crippen LogP contribution in [0.5, 0.6) is 11.5 Å². The van der Waals surface area contributed by atoms with Crippen molar-refractivity contribution in [2.75, 3.05) is 4.90 Å². The molecule has 0 fully saturated rings. The zero-order valence-corrected chi connectivity index (χ0v) is 28.8. The first-order chi connectivity index (χ1) is 25.4. The van der Waals surface area contributed by atoms with Crippen molar-refractivity contribution in [3.63, 3.8) is 0 Å². The number of hydrogen-bond donors (Lipinski definition) is 0. The summed E-state index contributed by atoms with van der Waals surface area (Å²) in [6.07, 6.45) is 9.86. The minimum absolute atomic E-state index is 0.356. The van der Waals surface area contributed by atoms with E-state index in [9.17, 15) is 9.59 Å². The van der Waals surface area contributed by atoms with Gasteiger partial charge in [0.2, 0.25) is 0 Å². The highest BCUT2D eigenvalue weighted by molar-refractivity contribution is 6.05. The SMILES string of the molecule is C=CC(=O)Oc1ccc(-c2ccc(N(c3ccc(-c4ccc(OC(=O)C(=C)C)cc4)cc3)c3ccc4ccc5c6c4c3CC=C6CC=C5)cc2)cc1. The lowest BCUT2D eigenvalue weighted by atomic mass is 9.81. The zero-order valence-electron chi connectivity index (χ0n) is 28.8. The molecule has 0 amide bonds. The fraction of sp³-hybridized carbons (Fsp3) is 0.0638. The van der Waals surface area contributed by atoms with Crippen LogP contribution in [0, 0.1) is 0 Å². The number of ether oxygens (including phenoxy) is 2. The van der Waals surface area contributed by atoms with Crippen LogP contribution < -0.4 is 14.4 Å². The molecule has 52 heavy (non-hydrogen) atoms. The van der Waals surface area contributed by atoms with Crippen LogP contribution in [0.2, 0.25) is 0 Å². The van der Waals surface area contributed by atoms with Crippen LogP contribution in [-0.2, 0) is 16.0 Å². The Bertz CT molecular complexity index is 2450. The highest BCUT2D eigenvalue weighted by Crippen LogP contribution is 2.46. The van der Waals surface area contributed by atoms with Crippen molar-refractivity contribution < 1.29 is 19.1 Å². The van der Waals surface area contributed by atoms with Gasteiger partial charge in [0, 0.05) is 23.0 Å². The van der Waals surface area contributed by atoms with Gasteiger partial charge in [-0.2, -0.15) is 0 Å². The number of allylic oxidation sites excluding steroid dienone is 3. The summed E-state index contributed by atoms with van der Waals surface area (Å²) in [6, 6.07) is 41.1. The maximum atomic E-state index is 12.0. The van der Waals surface area contributed by atoms with Gasteiger partial charge >= 0.3 is 11.9 Å². The summed E-state index contributed by atoms with van der Waals surface area (Å²) < 4.78 is 10.7. The molecule has 0 heterocycles. The van der Waals surface area contributed by atoms with Crippen molar-refractivity contribution in [1.82, 2.24) is 0 Å². The Labute approximate surface area is 303 Å².